The van der Waals surface area contributed by atoms with Crippen LogP contribution in [0.25, 0.3) is 0 Å². The lowest BCUT2D eigenvalue weighted by atomic mass is 10.2. The molecule has 0 saturated heterocycles. The molecule has 0 amide bonds. The molecule has 0 aliphatic heterocycles. The Bertz CT molecular complexity index is 85.8. The minimum absolute atomic E-state index is 0.864. The van der Waals surface area contributed by atoms with Crippen molar-refractivity contribution in [3.05, 3.63) is 0 Å². The zero-order chi connectivity index (χ0) is 9.40. The Labute approximate surface area is 81.0 Å². The maximum Gasteiger partial charge on any atom is 0.0241 e. The molecule has 1 atom stereocenters. The fourth-order valence-corrected chi connectivity index (χ4v) is 1.87. The Morgan fingerprint density at radius 2 is 1.50 bits per heavy atom. The van der Waals surface area contributed by atoms with Gasteiger partial charge in [-0.25, -0.2) is 0 Å². The summed E-state index contributed by atoms with van der Waals surface area (Å²) < 4.78 is 0. The second-order valence-corrected chi connectivity index (χ2v) is 5.51. The minimum atomic E-state index is 0.864. The first-order chi connectivity index (χ1) is 5.72. The fraction of sp³-hybridized carbons (Fsp3) is 1.00. The lowest BCUT2D eigenvalue weighted by Gasteiger charge is -2.26. The third-order valence-electron chi connectivity index (χ3n) is 2.33. The Morgan fingerprint density at radius 3 is 1.75 bits per heavy atom. The third-order valence-corrected chi connectivity index (χ3v) is 3.06. The summed E-state index contributed by atoms with van der Waals surface area (Å²) in [6.07, 6.45) is 5.40. The molecule has 0 fully saturated rings. The van der Waals surface area contributed by atoms with E-state index >= 15 is 0 Å². The van der Waals surface area contributed by atoms with Crippen LogP contribution in [0.2, 0.25) is 0 Å². The van der Waals surface area contributed by atoms with Crippen molar-refractivity contribution in [1.82, 2.24) is 4.90 Å². The number of unbranched alkanes of at least 4 members (excludes halogenated alkanes) is 2. The van der Waals surface area contributed by atoms with Crippen LogP contribution in [0.5, 0.6) is 0 Å². The highest BCUT2D eigenvalue weighted by atomic mass is 28.1. The van der Waals surface area contributed by atoms with Crippen molar-refractivity contribution in [2.75, 3.05) is 13.1 Å². The molecule has 0 aliphatic rings. The van der Waals surface area contributed by atoms with Gasteiger partial charge in [-0.2, -0.15) is 0 Å². The van der Waals surface area contributed by atoms with E-state index in [0.717, 1.165) is 5.67 Å². The maximum atomic E-state index is 2.65. The van der Waals surface area contributed by atoms with E-state index in [0.29, 0.717) is 0 Å². The van der Waals surface area contributed by atoms with Gasteiger partial charge in [-0.15, -0.1) is 0 Å². The number of nitrogens with zero attached hydrogens (tertiary/aromatic N) is 1. The topological polar surface area (TPSA) is 3.24 Å². The molecule has 0 rings (SSSR count). The average Bonchev–Trinajstić information content (AvgIpc) is 2.04. The van der Waals surface area contributed by atoms with Gasteiger partial charge in [-0.05, 0) is 31.6 Å². The fourth-order valence-electron chi connectivity index (χ4n) is 1.35. The molecule has 0 spiro atoms. The van der Waals surface area contributed by atoms with Crippen molar-refractivity contribution in [2.24, 2.45) is 0 Å². The normalized spacial score (nSPS) is 14.0. The first-order valence-electron chi connectivity index (χ1n) is 5.46. The maximum absolute atomic E-state index is 2.65. The zero-order valence-corrected chi connectivity index (χ0v) is 11.3. The van der Waals surface area contributed by atoms with E-state index in [1.807, 2.05) is 0 Å². The molecule has 0 aliphatic carbocycles. The van der Waals surface area contributed by atoms with Gasteiger partial charge in [-0.3, -0.25) is 0 Å². The van der Waals surface area contributed by atoms with Gasteiger partial charge in [-0.1, -0.05) is 33.6 Å². The predicted octanol–water partition coefficient (Wildman–Crippen LogP) is 1.60. The van der Waals surface area contributed by atoms with Crippen molar-refractivity contribution in [1.29, 1.82) is 0 Å². The quantitative estimate of drug-likeness (QED) is 0.547. The lowest BCUT2D eigenvalue weighted by molar-refractivity contribution is 0.254. The second-order valence-electron chi connectivity index (χ2n) is 3.84. The standard InChI is InChI=1S/C10H25NSi/c1-4-6-8-11(10(3)12)9-7-5-2/h10H,4-9H2,1-3,12H3. The van der Waals surface area contributed by atoms with E-state index in [1.54, 1.807) is 0 Å². The molecule has 0 aromatic rings. The molecule has 0 N–H and O–H groups in total. The number of hydrogen-bond acceptors (Lipinski definition) is 1. The molecular weight excluding hydrogens is 162 g/mol. The highest BCUT2D eigenvalue weighted by Crippen LogP contribution is 2.01. The van der Waals surface area contributed by atoms with E-state index in [-0.39, 0.29) is 0 Å². The summed E-state index contributed by atoms with van der Waals surface area (Å²) in [5, 5.41) is 0. The SMILES string of the molecule is CCCCN(CCCC)C(C)[SiH3]. The van der Waals surface area contributed by atoms with Crippen molar-refractivity contribution < 1.29 is 0 Å². The average molecular weight is 187 g/mol. The van der Waals surface area contributed by atoms with Crippen molar-refractivity contribution >= 4 is 10.2 Å². The molecule has 1 nitrogen and oxygen atoms in total. The van der Waals surface area contributed by atoms with Gasteiger partial charge in [0.05, 0.1) is 0 Å². The Kier molecular flexibility index (Phi) is 7.92. The molecule has 12 heavy (non-hydrogen) atoms. The van der Waals surface area contributed by atoms with Crippen LogP contribution in [0.1, 0.15) is 46.5 Å². The van der Waals surface area contributed by atoms with E-state index in [2.05, 4.69) is 25.7 Å². The molecule has 1 unspecified atom stereocenters. The first kappa shape index (κ1) is 12.2. The Hall–Kier alpha value is 0.177. The van der Waals surface area contributed by atoms with Crippen molar-refractivity contribution in [3.8, 4) is 0 Å². The monoisotopic (exact) mass is 187 g/mol. The molecule has 0 bridgehead atoms. The first-order valence-corrected chi connectivity index (χ1v) is 6.61. The number of rotatable bonds is 7. The van der Waals surface area contributed by atoms with E-state index < -0.39 is 0 Å². The van der Waals surface area contributed by atoms with Gasteiger partial charge in [0, 0.05) is 10.2 Å². The van der Waals surface area contributed by atoms with Crippen LogP contribution in [-0.2, 0) is 0 Å². The van der Waals surface area contributed by atoms with Crippen LogP contribution in [0.15, 0.2) is 0 Å². The summed E-state index contributed by atoms with van der Waals surface area (Å²) in [7, 11) is 1.31. The molecule has 74 valence electrons. The summed E-state index contributed by atoms with van der Waals surface area (Å²) in [5.74, 6) is 0. The predicted molar refractivity (Wildman–Crippen MR) is 60.8 cm³/mol. The molecule has 0 aromatic carbocycles. The van der Waals surface area contributed by atoms with Crippen LogP contribution in [0.4, 0.5) is 0 Å². The van der Waals surface area contributed by atoms with Gasteiger partial charge in [0.15, 0.2) is 0 Å². The molecule has 0 saturated carbocycles. The zero-order valence-electron chi connectivity index (χ0n) is 9.27. The molecule has 0 radical (unpaired) electrons. The molecule has 2 heteroatoms. The highest BCUT2D eigenvalue weighted by Gasteiger charge is 2.06. The minimum Gasteiger partial charge on any atom is -0.304 e. The van der Waals surface area contributed by atoms with Crippen LogP contribution in [-0.4, -0.2) is 33.9 Å². The highest BCUT2D eigenvalue weighted by molar-refractivity contribution is 6.11. The van der Waals surface area contributed by atoms with Gasteiger partial charge >= 0.3 is 0 Å². The van der Waals surface area contributed by atoms with Gasteiger partial charge in [0.2, 0.25) is 0 Å². The Morgan fingerprint density at radius 1 is 1.08 bits per heavy atom. The number of hydrogen-bond donors (Lipinski definition) is 0. The van der Waals surface area contributed by atoms with Crippen LogP contribution >= 0.6 is 0 Å². The molecular formula is C10H25NSi. The summed E-state index contributed by atoms with van der Waals surface area (Å²) in [6, 6.07) is 0. The summed E-state index contributed by atoms with van der Waals surface area (Å²) in [6.45, 7) is 9.55. The summed E-state index contributed by atoms with van der Waals surface area (Å²) in [4.78, 5) is 2.65. The molecule has 0 aromatic heterocycles. The summed E-state index contributed by atoms with van der Waals surface area (Å²) >= 11 is 0. The smallest absolute Gasteiger partial charge is 0.0241 e. The lowest BCUT2D eigenvalue weighted by Crippen LogP contribution is -2.35. The van der Waals surface area contributed by atoms with E-state index in [1.165, 1.54) is 49.0 Å². The van der Waals surface area contributed by atoms with Crippen molar-refractivity contribution in [2.45, 2.75) is 52.1 Å². The second kappa shape index (κ2) is 7.81. The largest absolute Gasteiger partial charge is 0.304 e. The van der Waals surface area contributed by atoms with Crippen LogP contribution in [0.3, 0.4) is 0 Å². The van der Waals surface area contributed by atoms with E-state index in [4.69, 9.17) is 0 Å². The van der Waals surface area contributed by atoms with Gasteiger partial charge < -0.3 is 4.90 Å². The van der Waals surface area contributed by atoms with E-state index in [9.17, 15) is 0 Å². The van der Waals surface area contributed by atoms with Crippen LogP contribution in [0, 0.1) is 0 Å². The summed E-state index contributed by atoms with van der Waals surface area (Å²) in [5.41, 5.74) is 0.864. The van der Waals surface area contributed by atoms with Crippen molar-refractivity contribution in [3.63, 3.8) is 0 Å². The van der Waals surface area contributed by atoms with Gasteiger partial charge in [0.1, 0.15) is 0 Å². The third kappa shape index (κ3) is 5.78. The van der Waals surface area contributed by atoms with Crippen LogP contribution < -0.4 is 0 Å². The molecule has 0 heterocycles. The Balaban J connectivity index is 3.55. The van der Waals surface area contributed by atoms with Gasteiger partial charge in [0.25, 0.3) is 0 Å².